The summed E-state index contributed by atoms with van der Waals surface area (Å²) in [6, 6.07) is 0. The third-order valence-corrected chi connectivity index (χ3v) is 3.02. The third kappa shape index (κ3) is 2.30. The molecule has 0 aromatic rings. The van der Waals surface area contributed by atoms with Crippen molar-refractivity contribution in [2.24, 2.45) is 11.8 Å². The highest BCUT2D eigenvalue weighted by molar-refractivity contribution is 5.91. The van der Waals surface area contributed by atoms with Gasteiger partial charge in [0, 0.05) is 6.42 Å². The van der Waals surface area contributed by atoms with Crippen LogP contribution in [0.2, 0.25) is 0 Å². The number of rotatable bonds is 3. The second-order valence-corrected chi connectivity index (χ2v) is 3.85. The van der Waals surface area contributed by atoms with Crippen LogP contribution in [0.3, 0.4) is 0 Å². The molecule has 2 unspecified atom stereocenters. The van der Waals surface area contributed by atoms with Crippen LogP contribution in [0, 0.1) is 11.8 Å². The fourth-order valence-corrected chi connectivity index (χ4v) is 1.94. The van der Waals surface area contributed by atoms with Crippen LogP contribution in [0.1, 0.15) is 33.1 Å². The first kappa shape index (κ1) is 10.2. The molecule has 0 radical (unpaired) electrons. The van der Waals surface area contributed by atoms with E-state index in [1.807, 2.05) is 6.08 Å². The van der Waals surface area contributed by atoms with Crippen molar-refractivity contribution in [1.29, 1.82) is 0 Å². The molecule has 0 aromatic carbocycles. The van der Waals surface area contributed by atoms with Crippen LogP contribution in [0.5, 0.6) is 0 Å². The Balaban J connectivity index is 2.80. The summed E-state index contributed by atoms with van der Waals surface area (Å²) in [4.78, 5) is 11.2. The lowest BCUT2D eigenvalue weighted by Crippen LogP contribution is -2.19. The number of allylic oxidation sites excluding steroid dienone is 3. The molecule has 0 bridgehead atoms. The standard InChI is InChI=1S/C12H18O/c1-4-9(3)12-7-6-11(13)8-10(12)5-2/h5,8-9,12H,2,4,6-7H2,1,3H3. The molecule has 1 nitrogen and oxygen atoms in total. The average molecular weight is 178 g/mol. The maximum Gasteiger partial charge on any atom is 0.155 e. The van der Waals surface area contributed by atoms with E-state index in [4.69, 9.17) is 0 Å². The van der Waals surface area contributed by atoms with E-state index in [2.05, 4.69) is 20.4 Å². The van der Waals surface area contributed by atoms with E-state index in [0.29, 0.717) is 18.3 Å². The molecule has 0 aromatic heterocycles. The van der Waals surface area contributed by atoms with Crippen molar-refractivity contribution < 1.29 is 4.79 Å². The van der Waals surface area contributed by atoms with Gasteiger partial charge in [-0.25, -0.2) is 0 Å². The first-order chi connectivity index (χ1) is 6.19. The van der Waals surface area contributed by atoms with E-state index < -0.39 is 0 Å². The molecule has 13 heavy (non-hydrogen) atoms. The minimum atomic E-state index is 0.259. The zero-order valence-electron chi connectivity index (χ0n) is 8.55. The van der Waals surface area contributed by atoms with Crippen LogP contribution < -0.4 is 0 Å². The van der Waals surface area contributed by atoms with Gasteiger partial charge in [-0.15, -0.1) is 0 Å². The second kappa shape index (κ2) is 4.40. The van der Waals surface area contributed by atoms with Crippen molar-refractivity contribution in [2.75, 3.05) is 0 Å². The maximum atomic E-state index is 11.2. The second-order valence-electron chi connectivity index (χ2n) is 3.85. The molecule has 0 saturated heterocycles. The molecule has 1 rings (SSSR count). The van der Waals surface area contributed by atoms with Crippen LogP contribution in [-0.2, 0) is 4.79 Å². The van der Waals surface area contributed by atoms with Gasteiger partial charge in [-0.3, -0.25) is 4.79 Å². The SMILES string of the molecule is C=CC1=CC(=O)CCC1C(C)CC. The fourth-order valence-electron chi connectivity index (χ4n) is 1.94. The zero-order chi connectivity index (χ0) is 9.84. The van der Waals surface area contributed by atoms with Gasteiger partial charge < -0.3 is 0 Å². The summed E-state index contributed by atoms with van der Waals surface area (Å²) in [5.41, 5.74) is 1.14. The number of ketones is 1. The summed E-state index contributed by atoms with van der Waals surface area (Å²) in [5.74, 6) is 1.48. The lowest BCUT2D eigenvalue weighted by Gasteiger charge is -2.26. The van der Waals surface area contributed by atoms with Gasteiger partial charge in [-0.2, -0.15) is 0 Å². The molecule has 1 heteroatoms. The predicted molar refractivity (Wildman–Crippen MR) is 55.5 cm³/mol. The fraction of sp³-hybridized carbons (Fsp3) is 0.583. The molecule has 0 fully saturated rings. The smallest absolute Gasteiger partial charge is 0.155 e. The molecule has 0 spiro atoms. The average Bonchev–Trinajstić information content (AvgIpc) is 2.16. The number of hydrogen-bond acceptors (Lipinski definition) is 1. The molecule has 1 aliphatic rings. The summed E-state index contributed by atoms with van der Waals surface area (Å²) in [6.07, 6.45) is 6.50. The highest BCUT2D eigenvalue weighted by Crippen LogP contribution is 2.31. The Morgan fingerprint density at radius 1 is 1.77 bits per heavy atom. The van der Waals surface area contributed by atoms with Crippen molar-refractivity contribution in [1.82, 2.24) is 0 Å². The van der Waals surface area contributed by atoms with Crippen LogP contribution in [-0.4, -0.2) is 5.78 Å². The van der Waals surface area contributed by atoms with E-state index in [9.17, 15) is 4.79 Å². The van der Waals surface area contributed by atoms with E-state index in [0.717, 1.165) is 12.0 Å². The van der Waals surface area contributed by atoms with Crippen LogP contribution in [0.4, 0.5) is 0 Å². The number of carbonyl (C=O) groups excluding carboxylic acids is 1. The normalized spacial score (nSPS) is 25.2. The van der Waals surface area contributed by atoms with Gasteiger partial charge in [0.2, 0.25) is 0 Å². The third-order valence-electron chi connectivity index (χ3n) is 3.02. The van der Waals surface area contributed by atoms with Crippen molar-refractivity contribution in [3.05, 3.63) is 24.3 Å². The first-order valence-corrected chi connectivity index (χ1v) is 5.05. The van der Waals surface area contributed by atoms with Crippen molar-refractivity contribution >= 4 is 5.78 Å². The molecule has 0 amide bonds. The summed E-state index contributed by atoms with van der Waals surface area (Å²) in [7, 11) is 0. The Morgan fingerprint density at radius 3 is 3.00 bits per heavy atom. The van der Waals surface area contributed by atoms with Gasteiger partial charge in [0.25, 0.3) is 0 Å². The van der Waals surface area contributed by atoms with Crippen LogP contribution in [0.25, 0.3) is 0 Å². The number of carbonyl (C=O) groups is 1. The molecule has 0 aliphatic heterocycles. The van der Waals surface area contributed by atoms with E-state index in [-0.39, 0.29) is 5.78 Å². The maximum absolute atomic E-state index is 11.2. The van der Waals surface area contributed by atoms with Gasteiger partial charge in [0.1, 0.15) is 0 Å². The quantitative estimate of drug-likeness (QED) is 0.649. The molecular formula is C12H18O. The lowest BCUT2D eigenvalue weighted by molar-refractivity contribution is -0.115. The lowest BCUT2D eigenvalue weighted by atomic mass is 9.78. The monoisotopic (exact) mass is 178 g/mol. The molecular weight excluding hydrogens is 160 g/mol. The van der Waals surface area contributed by atoms with E-state index in [1.54, 1.807) is 6.08 Å². The molecule has 72 valence electrons. The number of hydrogen-bond donors (Lipinski definition) is 0. The van der Waals surface area contributed by atoms with Gasteiger partial charge in [-0.1, -0.05) is 32.9 Å². The highest BCUT2D eigenvalue weighted by atomic mass is 16.1. The van der Waals surface area contributed by atoms with Gasteiger partial charge in [-0.05, 0) is 29.9 Å². The van der Waals surface area contributed by atoms with Crippen molar-refractivity contribution in [3.63, 3.8) is 0 Å². The summed E-state index contributed by atoms with van der Waals surface area (Å²) >= 11 is 0. The van der Waals surface area contributed by atoms with Crippen LogP contribution in [0.15, 0.2) is 24.3 Å². The Kier molecular flexibility index (Phi) is 3.47. The molecule has 2 atom stereocenters. The predicted octanol–water partition coefficient (Wildman–Crippen LogP) is 3.12. The largest absolute Gasteiger partial charge is 0.295 e. The topological polar surface area (TPSA) is 17.1 Å². The Morgan fingerprint density at radius 2 is 2.46 bits per heavy atom. The van der Waals surface area contributed by atoms with Gasteiger partial charge in [0.05, 0.1) is 0 Å². The first-order valence-electron chi connectivity index (χ1n) is 5.05. The summed E-state index contributed by atoms with van der Waals surface area (Å²) in [6.45, 7) is 8.21. The Hall–Kier alpha value is -0.850. The molecule has 1 aliphatic carbocycles. The Bertz CT molecular complexity index is 238. The molecule has 0 N–H and O–H groups in total. The van der Waals surface area contributed by atoms with Gasteiger partial charge in [0.15, 0.2) is 5.78 Å². The summed E-state index contributed by atoms with van der Waals surface area (Å²) in [5, 5.41) is 0. The minimum Gasteiger partial charge on any atom is -0.295 e. The zero-order valence-corrected chi connectivity index (χ0v) is 8.55. The summed E-state index contributed by atoms with van der Waals surface area (Å²) < 4.78 is 0. The minimum absolute atomic E-state index is 0.259. The highest BCUT2D eigenvalue weighted by Gasteiger charge is 2.23. The Labute approximate surface area is 80.5 Å². The molecule has 0 heterocycles. The molecule has 0 saturated carbocycles. The van der Waals surface area contributed by atoms with Crippen molar-refractivity contribution in [2.45, 2.75) is 33.1 Å². The van der Waals surface area contributed by atoms with E-state index >= 15 is 0 Å². The van der Waals surface area contributed by atoms with E-state index in [1.165, 1.54) is 6.42 Å². The van der Waals surface area contributed by atoms with Crippen molar-refractivity contribution in [3.8, 4) is 0 Å². The van der Waals surface area contributed by atoms with Gasteiger partial charge >= 0.3 is 0 Å². The van der Waals surface area contributed by atoms with Crippen LogP contribution >= 0.6 is 0 Å².